The zero-order valence-electron chi connectivity index (χ0n) is 15.6. The Bertz CT molecular complexity index is 583. The second-order valence-corrected chi connectivity index (χ2v) is 7.23. The van der Waals surface area contributed by atoms with Gasteiger partial charge in [-0.05, 0) is 32.8 Å². The summed E-state index contributed by atoms with van der Waals surface area (Å²) in [5.74, 6) is 5.98. The quantitative estimate of drug-likeness (QED) is 0.314. The number of rotatable bonds is 11. The van der Waals surface area contributed by atoms with Crippen molar-refractivity contribution in [1.82, 2.24) is 0 Å². The van der Waals surface area contributed by atoms with Gasteiger partial charge >= 0.3 is 7.82 Å². The van der Waals surface area contributed by atoms with Crippen molar-refractivity contribution in [3.63, 3.8) is 0 Å². The lowest BCUT2D eigenvalue weighted by Crippen LogP contribution is -2.26. The average Bonchev–Trinajstić information content (AvgIpc) is 2.56. The average molecular weight is 368 g/mol. The summed E-state index contributed by atoms with van der Waals surface area (Å²) < 4.78 is 34.3. The molecule has 0 aliphatic rings. The molecule has 1 atom stereocenters. The Hall–Kier alpha value is -1.15. The normalized spacial score (nSPS) is 13.8. The van der Waals surface area contributed by atoms with Gasteiger partial charge in [0.1, 0.15) is 12.2 Å². The summed E-state index contributed by atoms with van der Waals surface area (Å²) >= 11 is 0. The predicted octanol–water partition coefficient (Wildman–Crippen LogP) is 4.96. The molecular formula is C19H29O5P. The fourth-order valence-electron chi connectivity index (χ4n) is 2.28. The van der Waals surface area contributed by atoms with E-state index in [9.17, 15) is 4.57 Å². The molecule has 5 nitrogen and oxygen atoms in total. The van der Waals surface area contributed by atoms with Gasteiger partial charge in [0, 0.05) is 0 Å². The van der Waals surface area contributed by atoms with Crippen molar-refractivity contribution in [2.45, 2.75) is 52.7 Å². The lowest BCUT2D eigenvalue weighted by Gasteiger charge is -2.28. The maximum atomic E-state index is 12.6. The summed E-state index contributed by atoms with van der Waals surface area (Å²) in [6.45, 7) is 8.56. The first-order valence-corrected chi connectivity index (χ1v) is 10.1. The molecule has 6 heteroatoms. The third kappa shape index (κ3) is 8.67. The summed E-state index contributed by atoms with van der Waals surface area (Å²) in [5, 5.41) is 0. The van der Waals surface area contributed by atoms with Crippen molar-refractivity contribution in [2.75, 3.05) is 19.8 Å². The van der Waals surface area contributed by atoms with Crippen LogP contribution in [0.2, 0.25) is 0 Å². The van der Waals surface area contributed by atoms with Crippen LogP contribution in [0, 0.1) is 11.8 Å². The first-order valence-electron chi connectivity index (χ1n) is 8.68. The number of benzene rings is 1. The molecule has 1 aromatic carbocycles. The van der Waals surface area contributed by atoms with Gasteiger partial charge in [0.2, 0.25) is 0 Å². The highest BCUT2D eigenvalue weighted by molar-refractivity contribution is 7.48. The Balaban J connectivity index is 2.66. The Kier molecular flexibility index (Phi) is 10.0. The first-order chi connectivity index (χ1) is 12.0. The van der Waals surface area contributed by atoms with Crippen molar-refractivity contribution in [3.05, 3.63) is 35.9 Å². The molecule has 0 saturated heterocycles. The van der Waals surface area contributed by atoms with Gasteiger partial charge in [0.25, 0.3) is 0 Å². The van der Waals surface area contributed by atoms with Crippen LogP contribution in [0.4, 0.5) is 0 Å². The minimum atomic E-state index is -3.62. The number of ether oxygens (including phenoxy) is 1. The van der Waals surface area contributed by atoms with Crippen LogP contribution in [-0.2, 0) is 29.5 Å². The largest absolute Gasteiger partial charge is 0.476 e. The Morgan fingerprint density at radius 1 is 1.08 bits per heavy atom. The molecule has 0 radical (unpaired) electrons. The molecule has 1 rings (SSSR count). The highest BCUT2D eigenvalue weighted by Gasteiger charge is 2.36. The standard InChI is InChI=1S/C19H29O5P/c1-5-14-19(4,24-25(20,22-6-2)23-7-3)15-11-16-21-17-18-12-9-8-10-13-18/h8-10,12-13H,5-7,14,16-17H2,1-4H3. The van der Waals surface area contributed by atoms with Crippen LogP contribution >= 0.6 is 7.82 Å². The van der Waals surface area contributed by atoms with Gasteiger partial charge in [-0.25, -0.2) is 4.57 Å². The summed E-state index contributed by atoms with van der Waals surface area (Å²) in [4.78, 5) is 0. The number of hydrogen-bond acceptors (Lipinski definition) is 5. The van der Waals surface area contributed by atoms with E-state index in [0.717, 1.165) is 12.0 Å². The van der Waals surface area contributed by atoms with Gasteiger partial charge in [-0.2, -0.15) is 0 Å². The van der Waals surface area contributed by atoms with E-state index in [-0.39, 0.29) is 19.8 Å². The Labute approximate surface area is 151 Å². The Morgan fingerprint density at radius 2 is 1.72 bits per heavy atom. The van der Waals surface area contributed by atoms with E-state index in [4.69, 9.17) is 18.3 Å². The van der Waals surface area contributed by atoms with Crippen LogP contribution in [-0.4, -0.2) is 25.4 Å². The molecule has 0 amide bonds. The summed E-state index contributed by atoms with van der Waals surface area (Å²) in [6, 6.07) is 9.90. The molecular weight excluding hydrogens is 339 g/mol. The SMILES string of the molecule is CCCC(C)(C#CCOCc1ccccc1)OP(=O)(OCC)OCC. The molecule has 1 unspecified atom stereocenters. The molecule has 25 heavy (non-hydrogen) atoms. The minimum Gasteiger partial charge on any atom is -0.364 e. The summed E-state index contributed by atoms with van der Waals surface area (Å²) in [5.41, 5.74) is 0.180. The molecule has 0 heterocycles. The molecule has 0 saturated carbocycles. The van der Waals surface area contributed by atoms with Crippen molar-refractivity contribution in [1.29, 1.82) is 0 Å². The lowest BCUT2D eigenvalue weighted by atomic mass is 10.0. The molecule has 0 fully saturated rings. The van der Waals surface area contributed by atoms with Gasteiger partial charge in [-0.3, -0.25) is 13.6 Å². The second-order valence-electron chi connectivity index (χ2n) is 5.64. The fourth-order valence-corrected chi connectivity index (χ4v) is 3.72. The van der Waals surface area contributed by atoms with Crippen LogP contribution < -0.4 is 0 Å². The molecule has 0 N–H and O–H groups in total. The van der Waals surface area contributed by atoms with Gasteiger partial charge in [-0.15, -0.1) is 0 Å². The van der Waals surface area contributed by atoms with Crippen LogP contribution in [0.15, 0.2) is 30.3 Å². The summed E-state index contributed by atoms with van der Waals surface area (Å²) in [6.07, 6.45) is 1.44. The van der Waals surface area contributed by atoms with Crippen LogP contribution in [0.5, 0.6) is 0 Å². The van der Waals surface area contributed by atoms with E-state index in [1.54, 1.807) is 20.8 Å². The predicted molar refractivity (Wildman–Crippen MR) is 99.1 cm³/mol. The lowest BCUT2D eigenvalue weighted by molar-refractivity contribution is 0.0528. The van der Waals surface area contributed by atoms with E-state index in [1.165, 1.54) is 0 Å². The third-order valence-electron chi connectivity index (χ3n) is 3.25. The zero-order valence-corrected chi connectivity index (χ0v) is 16.5. The van der Waals surface area contributed by atoms with Gasteiger partial charge in [0.05, 0.1) is 19.8 Å². The number of hydrogen-bond donors (Lipinski definition) is 0. The smallest absolute Gasteiger partial charge is 0.364 e. The highest BCUT2D eigenvalue weighted by atomic mass is 31.2. The highest BCUT2D eigenvalue weighted by Crippen LogP contribution is 2.53. The monoisotopic (exact) mass is 368 g/mol. The van der Waals surface area contributed by atoms with Crippen LogP contribution in [0.3, 0.4) is 0 Å². The Morgan fingerprint density at radius 3 is 2.28 bits per heavy atom. The molecule has 0 aromatic heterocycles. The fraction of sp³-hybridized carbons (Fsp3) is 0.579. The molecule has 140 valence electrons. The van der Waals surface area contributed by atoms with Crippen molar-refractivity contribution < 1.29 is 22.9 Å². The van der Waals surface area contributed by atoms with E-state index >= 15 is 0 Å². The van der Waals surface area contributed by atoms with Gasteiger partial charge in [-0.1, -0.05) is 55.5 Å². The zero-order chi connectivity index (χ0) is 18.6. The minimum absolute atomic E-state index is 0.243. The van der Waals surface area contributed by atoms with Crippen LogP contribution in [0.25, 0.3) is 0 Å². The number of phosphoric ester groups is 1. The molecule has 0 aliphatic heterocycles. The second kappa shape index (κ2) is 11.5. The van der Waals surface area contributed by atoms with Crippen molar-refractivity contribution in [3.8, 4) is 11.8 Å². The maximum Gasteiger partial charge on any atom is 0.476 e. The van der Waals surface area contributed by atoms with E-state index in [1.807, 2.05) is 37.3 Å². The van der Waals surface area contributed by atoms with Gasteiger partial charge < -0.3 is 4.74 Å². The maximum absolute atomic E-state index is 12.6. The van der Waals surface area contributed by atoms with Gasteiger partial charge in [0.15, 0.2) is 0 Å². The van der Waals surface area contributed by atoms with Crippen molar-refractivity contribution in [2.24, 2.45) is 0 Å². The van der Waals surface area contributed by atoms with Crippen LogP contribution in [0.1, 0.15) is 46.1 Å². The van der Waals surface area contributed by atoms with E-state index in [0.29, 0.717) is 13.0 Å². The molecule has 0 bridgehead atoms. The van der Waals surface area contributed by atoms with E-state index < -0.39 is 13.4 Å². The number of phosphoric acid groups is 1. The van der Waals surface area contributed by atoms with Crippen molar-refractivity contribution >= 4 is 7.82 Å². The molecule has 0 spiro atoms. The third-order valence-corrected chi connectivity index (χ3v) is 5.03. The summed E-state index contributed by atoms with van der Waals surface area (Å²) in [7, 11) is -3.62. The first kappa shape index (κ1) is 21.9. The molecule has 0 aliphatic carbocycles. The molecule has 1 aromatic rings. The topological polar surface area (TPSA) is 54.0 Å². The van der Waals surface area contributed by atoms with E-state index in [2.05, 4.69) is 11.8 Å².